The fourth-order valence-electron chi connectivity index (χ4n) is 4.95. The van der Waals surface area contributed by atoms with Crippen molar-refractivity contribution in [2.24, 2.45) is 0 Å². The maximum absolute atomic E-state index is 7.13. The Morgan fingerprint density at radius 2 is 0.938 bits per heavy atom. The van der Waals surface area contributed by atoms with Crippen molar-refractivity contribution in [3.05, 3.63) is 48.0 Å². The molecule has 0 amide bonds. The minimum Gasteiger partial charge on any atom is -0.543 e. The highest BCUT2D eigenvalue weighted by Gasteiger charge is 2.35. The Morgan fingerprint density at radius 1 is 0.531 bits per heavy atom. The second-order valence-electron chi connectivity index (χ2n) is 9.13. The normalized spacial score (nSPS) is 12.5. The Labute approximate surface area is 197 Å². The second kappa shape index (κ2) is 10.4. The highest BCUT2D eigenvalue weighted by Crippen LogP contribution is 2.46. The molecular formula is C28H42O2Si2. The summed E-state index contributed by atoms with van der Waals surface area (Å²) >= 11 is 0. The van der Waals surface area contributed by atoms with Crippen LogP contribution in [-0.4, -0.2) is 16.6 Å². The molecule has 0 aromatic heterocycles. The molecule has 0 atom stereocenters. The van der Waals surface area contributed by atoms with Crippen LogP contribution in [0.3, 0.4) is 0 Å². The molecule has 0 radical (unpaired) electrons. The smallest absolute Gasteiger partial charge is 0.250 e. The van der Waals surface area contributed by atoms with Gasteiger partial charge in [-0.05, 0) is 54.3 Å². The second-order valence-corrected chi connectivity index (χ2v) is 18.5. The molecule has 0 aliphatic carbocycles. The molecule has 2 nitrogen and oxygen atoms in total. The van der Waals surface area contributed by atoms with Gasteiger partial charge in [0, 0.05) is 21.5 Å². The Kier molecular flexibility index (Phi) is 8.10. The van der Waals surface area contributed by atoms with E-state index in [9.17, 15) is 0 Å². The number of fused-ring (bicyclic) bond motifs is 2. The summed E-state index contributed by atoms with van der Waals surface area (Å²) in [7, 11) is -3.67. The zero-order valence-corrected chi connectivity index (χ0v) is 23.3. The van der Waals surface area contributed by atoms with Gasteiger partial charge in [0.25, 0.3) is 16.6 Å². The van der Waals surface area contributed by atoms with Crippen molar-refractivity contribution in [2.45, 2.75) is 91.2 Å². The van der Waals surface area contributed by atoms with Crippen LogP contribution in [0.2, 0.25) is 36.3 Å². The molecule has 32 heavy (non-hydrogen) atoms. The van der Waals surface area contributed by atoms with Gasteiger partial charge in [-0.25, -0.2) is 0 Å². The standard InChI is InChI=1S/C28H42O2Si2/c1-8-22-19-20-25-26(21-22)28(30-32(12-5,13-6)14-7)24-18-16-15-17-23(24)27(25)29-31(9-2,10-3)11-4/h15-21H,8-14H2,1-7H3. The molecule has 0 N–H and O–H groups in total. The largest absolute Gasteiger partial charge is 0.543 e. The number of rotatable bonds is 11. The van der Waals surface area contributed by atoms with Crippen molar-refractivity contribution < 1.29 is 8.85 Å². The highest BCUT2D eigenvalue weighted by molar-refractivity contribution is 6.75. The average molecular weight is 467 g/mol. The fraction of sp³-hybridized carbons (Fsp3) is 0.500. The van der Waals surface area contributed by atoms with E-state index in [4.69, 9.17) is 8.85 Å². The third kappa shape index (κ3) is 4.49. The van der Waals surface area contributed by atoms with Gasteiger partial charge < -0.3 is 8.85 Å². The van der Waals surface area contributed by atoms with Crippen molar-refractivity contribution in [3.8, 4) is 11.5 Å². The zero-order chi connectivity index (χ0) is 23.4. The summed E-state index contributed by atoms with van der Waals surface area (Å²) in [6.07, 6.45) is 1.02. The van der Waals surface area contributed by atoms with Crippen molar-refractivity contribution in [1.29, 1.82) is 0 Å². The predicted octanol–water partition coefficient (Wildman–Crippen LogP) is 9.32. The molecule has 0 spiro atoms. The topological polar surface area (TPSA) is 18.5 Å². The maximum Gasteiger partial charge on any atom is 0.250 e. The minimum atomic E-state index is -1.84. The molecule has 174 valence electrons. The van der Waals surface area contributed by atoms with Crippen molar-refractivity contribution in [1.82, 2.24) is 0 Å². The van der Waals surface area contributed by atoms with E-state index in [-0.39, 0.29) is 0 Å². The summed E-state index contributed by atoms with van der Waals surface area (Å²) < 4.78 is 14.2. The van der Waals surface area contributed by atoms with E-state index in [1.807, 2.05) is 0 Å². The fourth-order valence-corrected chi connectivity index (χ4v) is 10.1. The molecule has 0 heterocycles. The third-order valence-electron chi connectivity index (χ3n) is 7.90. The van der Waals surface area contributed by atoms with Gasteiger partial charge in [0.15, 0.2) is 0 Å². The van der Waals surface area contributed by atoms with Gasteiger partial charge >= 0.3 is 0 Å². The van der Waals surface area contributed by atoms with Gasteiger partial charge in [0.1, 0.15) is 11.5 Å². The molecular weight excluding hydrogens is 424 g/mol. The van der Waals surface area contributed by atoms with E-state index in [1.54, 1.807) is 0 Å². The summed E-state index contributed by atoms with van der Waals surface area (Å²) in [5, 5.41) is 4.87. The van der Waals surface area contributed by atoms with Gasteiger partial charge in [0.05, 0.1) is 0 Å². The molecule has 4 heteroatoms. The van der Waals surface area contributed by atoms with Crippen LogP contribution in [0.4, 0.5) is 0 Å². The molecule has 0 bridgehead atoms. The lowest BCUT2D eigenvalue weighted by atomic mass is 9.98. The van der Waals surface area contributed by atoms with E-state index in [0.717, 1.165) is 54.2 Å². The lowest BCUT2D eigenvalue weighted by Gasteiger charge is -2.33. The summed E-state index contributed by atoms with van der Waals surface area (Å²) in [4.78, 5) is 0. The summed E-state index contributed by atoms with van der Waals surface area (Å²) in [5.74, 6) is 2.17. The first-order chi connectivity index (χ1) is 15.5. The number of hydrogen-bond donors (Lipinski definition) is 0. The Balaban J connectivity index is 2.39. The Morgan fingerprint density at radius 3 is 1.34 bits per heavy atom. The number of benzene rings is 3. The number of aryl methyl sites for hydroxylation is 1. The first kappa shape index (κ1) is 24.8. The Hall–Kier alpha value is -1.79. The molecule has 0 aliphatic heterocycles. The van der Waals surface area contributed by atoms with Crippen LogP contribution in [0, 0.1) is 0 Å². The molecule has 3 rings (SSSR count). The zero-order valence-electron chi connectivity index (χ0n) is 21.3. The lowest BCUT2D eigenvalue weighted by Crippen LogP contribution is -2.40. The van der Waals surface area contributed by atoms with Crippen molar-refractivity contribution in [3.63, 3.8) is 0 Å². The molecule has 3 aromatic carbocycles. The van der Waals surface area contributed by atoms with E-state index >= 15 is 0 Å². The van der Waals surface area contributed by atoms with E-state index in [0.29, 0.717) is 0 Å². The molecule has 0 fully saturated rings. The van der Waals surface area contributed by atoms with Crippen LogP contribution >= 0.6 is 0 Å². The highest BCUT2D eigenvalue weighted by atomic mass is 28.4. The molecule has 0 aliphatic rings. The van der Waals surface area contributed by atoms with Crippen LogP contribution in [-0.2, 0) is 6.42 Å². The quantitative estimate of drug-likeness (QED) is 0.207. The van der Waals surface area contributed by atoms with Crippen LogP contribution in [0.15, 0.2) is 42.5 Å². The Bertz CT molecular complexity index is 1040. The first-order valence-electron chi connectivity index (χ1n) is 12.8. The summed E-state index contributed by atoms with van der Waals surface area (Å²) in [6, 6.07) is 22.5. The summed E-state index contributed by atoms with van der Waals surface area (Å²) in [6.45, 7) is 16.1. The SMILES string of the molecule is CCc1ccc2c(O[Si](CC)(CC)CC)c3ccccc3c(O[Si](CC)(CC)CC)c2c1. The van der Waals surface area contributed by atoms with Crippen molar-refractivity contribution >= 4 is 38.2 Å². The maximum atomic E-state index is 7.13. The van der Waals surface area contributed by atoms with Crippen molar-refractivity contribution in [2.75, 3.05) is 0 Å². The monoisotopic (exact) mass is 466 g/mol. The minimum absolute atomic E-state index is 1.02. The molecule has 0 unspecified atom stereocenters. The third-order valence-corrected chi connectivity index (χ3v) is 16.9. The van der Waals surface area contributed by atoms with E-state index < -0.39 is 16.6 Å². The van der Waals surface area contributed by atoms with E-state index in [1.165, 1.54) is 27.1 Å². The van der Waals surface area contributed by atoms with Gasteiger partial charge in [-0.1, -0.05) is 84.9 Å². The molecule has 0 saturated heterocycles. The molecule has 3 aromatic rings. The van der Waals surface area contributed by atoms with Crippen LogP contribution in [0.5, 0.6) is 11.5 Å². The van der Waals surface area contributed by atoms with Crippen LogP contribution in [0.25, 0.3) is 21.5 Å². The predicted molar refractivity (Wildman–Crippen MR) is 146 cm³/mol. The van der Waals surface area contributed by atoms with Gasteiger partial charge in [-0.3, -0.25) is 0 Å². The van der Waals surface area contributed by atoms with Gasteiger partial charge in [-0.2, -0.15) is 0 Å². The van der Waals surface area contributed by atoms with Gasteiger partial charge in [-0.15, -0.1) is 0 Å². The summed E-state index contributed by atoms with van der Waals surface area (Å²) in [5.41, 5.74) is 1.35. The lowest BCUT2D eigenvalue weighted by molar-refractivity contribution is 0.535. The molecule has 0 saturated carbocycles. The van der Waals surface area contributed by atoms with E-state index in [2.05, 4.69) is 90.9 Å². The van der Waals surface area contributed by atoms with Crippen LogP contribution < -0.4 is 8.85 Å². The number of hydrogen-bond acceptors (Lipinski definition) is 2. The van der Waals surface area contributed by atoms with Gasteiger partial charge in [0.2, 0.25) is 0 Å². The average Bonchev–Trinajstić information content (AvgIpc) is 2.86. The van der Waals surface area contributed by atoms with Crippen LogP contribution in [0.1, 0.15) is 54.0 Å². The first-order valence-corrected chi connectivity index (χ1v) is 17.9.